The SMILES string of the molecule is O=C(c1c([O-])[n+]2ccccc2n1Cc1cnc(Cl)s1)C(F)(F)Cl. The Hall–Kier alpha value is -1.77. The summed E-state index contributed by atoms with van der Waals surface area (Å²) in [5.74, 6) is -2.61. The zero-order chi connectivity index (χ0) is 16.8. The lowest BCUT2D eigenvalue weighted by atomic mass is 10.3. The summed E-state index contributed by atoms with van der Waals surface area (Å²) in [6.45, 7) is -0.00577. The highest BCUT2D eigenvalue weighted by atomic mass is 35.5. The van der Waals surface area contributed by atoms with E-state index in [1.54, 1.807) is 12.1 Å². The van der Waals surface area contributed by atoms with E-state index in [2.05, 4.69) is 4.98 Å². The summed E-state index contributed by atoms with van der Waals surface area (Å²) in [6, 6.07) is 4.71. The number of imidazole rings is 1. The molecule has 3 heterocycles. The van der Waals surface area contributed by atoms with Gasteiger partial charge in [-0.15, -0.1) is 11.3 Å². The van der Waals surface area contributed by atoms with Gasteiger partial charge in [-0.1, -0.05) is 17.7 Å². The number of carbonyl (C=O) groups is 1. The van der Waals surface area contributed by atoms with Gasteiger partial charge in [0.2, 0.25) is 5.69 Å². The van der Waals surface area contributed by atoms with Gasteiger partial charge < -0.3 is 5.11 Å². The predicted octanol–water partition coefficient (Wildman–Crippen LogP) is 2.47. The van der Waals surface area contributed by atoms with E-state index >= 15 is 0 Å². The van der Waals surface area contributed by atoms with Crippen LogP contribution in [0.2, 0.25) is 4.47 Å². The number of rotatable bonds is 4. The second-order valence-electron chi connectivity index (χ2n) is 4.58. The number of thiazole rings is 1. The molecule has 0 fully saturated rings. The lowest BCUT2D eigenvalue weighted by Gasteiger charge is -2.08. The number of carbonyl (C=O) groups excluding carboxylic acids is 1. The molecule has 0 amide bonds. The van der Waals surface area contributed by atoms with Crippen LogP contribution < -0.4 is 9.51 Å². The van der Waals surface area contributed by atoms with Gasteiger partial charge in [0, 0.05) is 12.3 Å². The zero-order valence-electron chi connectivity index (χ0n) is 11.2. The third-order valence-corrected chi connectivity index (χ3v) is 4.39. The molecule has 0 aliphatic carbocycles. The number of hydrogen-bond donors (Lipinski definition) is 0. The van der Waals surface area contributed by atoms with Crippen LogP contribution in [0, 0.1) is 0 Å². The molecule has 0 aliphatic rings. The largest absolute Gasteiger partial charge is 0.839 e. The van der Waals surface area contributed by atoms with Crippen molar-refractivity contribution < 1.29 is 23.1 Å². The van der Waals surface area contributed by atoms with Crippen LogP contribution in [0.4, 0.5) is 8.78 Å². The van der Waals surface area contributed by atoms with Crippen LogP contribution in [-0.2, 0) is 6.54 Å². The van der Waals surface area contributed by atoms with Crippen molar-refractivity contribution >= 4 is 46.0 Å². The third-order valence-electron chi connectivity index (χ3n) is 3.12. The summed E-state index contributed by atoms with van der Waals surface area (Å²) in [5, 5.41) is 8.15. The van der Waals surface area contributed by atoms with Gasteiger partial charge in [0.15, 0.2) is 4.47 Å². The Bertz CT molecular complexity index is 904. The summed E-state index contributed by atoms with van der Waals surface area (Å²) in [5.41, 5.74) is -0.410. The monoisotopic (exact) mass is 377 g/mol. The first-order chi connectivity index (χ1) is 10.8. The molecule has 0 aliphatic heterocycles. The summed E-state index contributed by atoms with van der Waals surface area (Å²) < 4.78 is 29.1. The number of Topliss-reactive ketones (excluding diaryl/α,β-unsaturated/α-hetero) is 1. The molecule has 0 saturated carbocycles. The van der Waals surface area contributed by atoms with Gasteiger partial charge in [-0.2, -0.15) is 8.78 Å². The molecule has 0 unspecified atom stereocenters. The van der Waals surface area contributed by atoms with Crippen LogP contribution in [-0.4, -0.2) is 20.7 Å². The number of nitrogens with zero attached hydrogens (tertiary/aromatic N) is 3. The Morgan fingerprint density at radius 3 is 2.83 bits per heavy atom. The van der Waals surface area contributed by atoms with Gasteiger partial charge in [0.05, 0.1) is 11.1 Å². The first-order valence-corrected chi connectivity index (χ1v) is 7.78. The number of halogens is 4. The zero-order valence-corrected chi connectivity index (χ0v) is 13.5. The minimum atomic E-state index is -4.17. The molecule has 0 bridgehead atoms. The highest BCUT2D eigenvalue weighted by Gasteiger charge is 2.43. The molecule has 10 heteroatoms. The molecule has 0 saturated heterocycles. The summed E-state index contributed by atoms with van der Waals surface area (Å²) in [4.78, 5) is 16.4. The van der Waals surface area contributed by atoms with Crippen molar-refractivity contribution in [1.29, 1.82) is 0 Å². The van der Waals surface area contributed by atoms with Crippen LogP contribution in [0.15, 0.2) is 30.6 Å². The van der Waals surface area contributed by atoms with E-state index in [0.29, 0.717) is 4.88 Å². The van der Waals surface area contributed by atoms with Crippen molar-refractivity contribution in [2.75, 3.05) is 0 Å². The molecule has 23 heavy (non-hydrogen) atoms. The Labute approximate surface area is 142 Å². The van der Waals surface area contributed by atoms with E-state index in [1.165, 1.54) is 23.0 Å². The van der Waals surface area contributed by atoms with Crippen molar-refractivity contribution in [3.05, 3.63) is 45.6 Å². The quantitative estimate of drug-likeness (QED) is 0.398. The molecular formula is C13H7Cl2F2N3O2S. The first kappa shape index (κ1) is 16.1. The van der Waals surface area contributed by atoms with Crippen LogP contribution >= 0.6 is 34.5 Å². The van der Waals surface area contributed by atoms with E-state index < -0.39 is 22.7 Å². The van der Waals surface area contributed by atoms with Crippen molar-refractivity contribution in [3.8, 4) is 5.88 Å². The summed E-state index contributed by atoms with van der Waals surface area (Å²) >= 11 is 11.7. The molecule has 5 nitrogen and oxygen atoms in total. The fourth-order valence-corrected chi connectivity index (χ4v) is 3.25. The summed E-state index contributed by atoms with van der Waals surface area (Å²) in [6.07, 6.45) is 2.83. The average molecular weight is 378 g/mol. The maximum atomic E-state index is 13.3. The number of pyridine rings is 1. The molecule has 3 aromatic rings. The summed E-state index contributed by atoms with van der Waals surface area (Å²) in [7, 11) is 0. The minimum absolute atomic E-state index is 0.00577. The third kappa shape index (κ3) is 2.89. The molecule has 0 radical (unpaired) electrons. The molecule has 3 aromatic heterocycles. The van der Waals surface area contributed by atoms with Crippen molar-refractivity contribution in [3.63, 3.8) is 0 Å². The average Bonchev–Trinajstić information content (AvgIpc) is 3.01. The normalized spacial score (nSPS) is 12.0. The highest BCUT2D eigenvalue weighted by molar-refractivity contribution is 7.15. The molecule has 120 valence electrons. The number of alkyl halides is 3. The molecule has 3 rings (SSSR count). The van der Waals surface area contributed by atoms with Crippen LogP contribution in [0.1, 0.15) is 15.4 Å². The maximum Gasteiger partial charge on any atom is 0.388 e. The second kappa shape index (κ2) is 5.70. The van der Waals surface area contributed by atoms with Crippen LogP contribution in [0.25, 0.3) is 5.65 Å². The number of ketones is 1. The number of aromatic nitrogens is 3. The van der Waals surface area contributed by atoms with Gasteiger partial charge in [0.1, 0.15) is 12.4 Å². The Morgan fingerprint density at radius 1 is 1.48 bits per heavy atom. The number of fused-ring (bicyclic) bond motifs is 1. The Morgan fingerprint density at radius 2 is 2.22 bits per heavy atom. The van der Waals surface area contributed by atoms with E-state index in [0.717, 1.165) is 15.7 Å². The van der Waals surface area contributed by atoms with E-state index in [-0.39, 0.29) is 16.7 Å². The molecule has 0 N–H and O–H groups in total. The lowest BCUT2D eigenvalue weighted by Crippen LogP contribution is -2.27. The highest BCUT2D eigenvalue weighted by Crippen LogP contribution is 2.29. The molecule has 0 atom stereocenters. The fraction of sp³-hybridized carbons (Fsp3) is 0.154. The Kier molecular flexibility index (Phi) is 3.99. The van der Waals surface area contributed by atoms with Gasteiger partial charge in [0.25, 0.3) is 11.4 Å². The Balaban J connectivity index is 2.23. The maximum absolute atomic E-state index is 13.3. The van der Waals surface area contributed by atoms with Crippen molar-refractivity contribution in [2.45, 2.75) is 11.9 Å². The molecule has 0 aromatic carbocycles. The van der Waals surface area contributed by atoms with Gasteiger partial charge in [-0.3, -0.25) is 4.79 Å². The standard InChI is InChI=1S/C13H7Cl2F2N3O2S/c14-12-18-5-7(23-12)6-20-8-3-1-2-4-19(8)11(22)9(20)10(21)13(15,16)17/h1-5H,6H2. The van der Waals surface area contributed by atoms with Gasteiger partial charge >= 0.3 is 5.38 Å². The lowest BCUT2D eigenvalue weighted by molar-refractivity contribution is -0.582. The minimum Gasteiger partial charge on any atom is -0.839 e. The second-order valence-corrected chi connectivity index (χ2v) is 6.75. The van der Waals surface area contributed by atoms with Crippen molar-refractivity contribution in [2.24, 2.45) is 0 Å². The smallest absolute Gasteiger partial charge is 0.388 e. The topological polar surface area (TPSA) is 62.0 Å². The first-order valence-electron chi connectivity index (χ1n) is 6.20. The fourth-order valence-electron chi connectivity index (χ4n) is 2.20. The van der Waals surface area contributed by atoms with Crippen LogP contribution in [0.3, 0.4) is 0 Å². The number of hydrogen-bond acceptors (Lipinski definition) is 4. The van der Waals surface area contributed by atoms with E-state index in [1.807, 2.05) is 0 Å². The van der Waals surface area contributed by atoms with Crippen molar-refractivity contribution in [1.82, 2.24) is 9.55 Å². The van der Waals surface area contributed by atoms with E-state index in [9.17, 15) is 18.7 Å². The van der Waals surface area contributed by atoms with E-state index in [4.69, 9.17) is 23.2 Å². The van der Waals surface area contributed by atoms with Crippen LogP contribution in [0.5, 0.6) is 5.88 Å². The van der Waals surface area contributed by atoms with Gasteiger partial charge in [-0.25, -0.2) is 14.0 Å². The predicted molar refractivity (Wildman–Crippen MR) is 78.4 cm³/mol. The van der Waals surface area contributed by atoms with Gasteiger partial charge in [-0.05, 0) is 17.7 Å². The molecule has 0 spiro atoms. The molecular weight excluding hydrogens is 371 g/mol.